The SMILES string of the molecule is C=C1CCc2cc(C(C)(C)C)ccc21. The Labute approximate surface area is 86.7 Å². The maximum atomic E-state index is 4.09. The largest absolute Gasteiger partial charge is 0.0952 e. The number of fused-ring (bicyclic) bond motifs is 1. The topological polar surface area (TPSA) is 0 Å². The predicted molar refractivity (Wildman–Crippen MR) is 62.5 cm³/mol. The second kappa shape index (κ2) is 2.98. The number of benzene rings is 1. The number of hydrogen-bond acceptors (Lipinski definition) is 0. The van der Waals surface area contributed by atoms with Gasteiger partial charge in [0.1, 0.15) is 0 Å². The first-order valence-electron chi connectivity index (χ1n) is 5.30. The Kier molecular flexibility index (Phi) is 2.02. The summed E-state index contributed by atoms with van der Waals surface area (Å²) < 4.78 is 0. The average Bonchev–Trinajstić information content (AvgIpc) is 2.46. The van der Waals surface area contributed by atoms with E-state index >= 15 is 0 Å². The van der Waals surface area contributed by atoms with Gasteiger partial charge in [0.25, 0.3) is 0 Å². The molecule has 0 spiro atoms. The van der Waals surface area contributed by atoms with Crippen LogP contribution in [0.2, 0.25) is 0 Å². The molecule has 1 aliphatic rings. The fraction of sp³-hybridized carbons (Fsp3) is 0.429. The van der Waals surface area contributed by atoms with E-state index in [1.165, 1.54) is 28.7 Å². The van der Waals surface area contributed by atoms with Crippen LogP contribution in [-0.2, 0) is 11.8 Å². The Morgan fingerprint density at radius 3 is 2.50 bits per heavy atom. The number of aryl methyl sites for hydroxylation is 1. The van der Waals surface area contributed by atoms with Crippen molar-refractivity contribution in [2.24, 2.45) is 0 Å². The molecule has 1 aliphatic carbocycles. The molecular formula is C14H18. The lowest BCUT2D eigenvalue weighted by atomic mass is 9.85. The van der Waals surface area contributed by atoms with Gasteiger partial charge in [0.15, 0.2) is 0 Å². The third kappa shape index (κ3) is 1.50. The van der Waals surface area contributed by atoms with Gasteiger partial charge in [-0.15, -0.1) is 0 Å². The van der Waals surface area contributed by atoms with Gasteiger partial charge in [0.2, 0.25) is 0 Å². The highest BCUT2D eigenvalue weighted by Crippen LogP contribution is 2.34. The molecule has 0 bridgehead atoms. The predicted octanol–water partition coefficient (Wildman–Crippen LogP) is 3.94. The molecule has 0 saturated carbocycles. The van der Waals surface area contributed by atoms with Crippen LogP contribution in [0.1, 0.15) is 43.9 Å². The first kappa shape index (κ1) is 9.51. The van der Waals surface area contributed by atoms with Gasteiger partial charge in [-0.25, -0.2) is 0 Å². The van der Waals surface area contributed by atoms with Gasteiger partial charge < -0.3 is 0 Å². The molecule has 14 heavy (non-hydrogen) atoms. The van der Waals surface area contributed by atoms with Crippen LogP contribution in [0.3, 0.4) is 0 Å². The van der Waals surface area contributed by atoms with Crippen molar-refractivity contribution in [2.75, 3.05) is 0 Å². The van der Waals surface area contributed by atoms with Gasteiger partial charge in [0.05, 0.1) is 0 Å². The molecule has 0 saturated heterocycles. The van der Waals surface area contributed by atoms with Gasteiger partial charge in [-0.05, 0) is 40.5 Å². The van der Waals surface area contributed by atoms with Gasteiger partial charge in [-0.3, -0.25) is 0 Å². The summed E-state index contributed by atoms with van der Waals surface area (Å²) in [6.07, 6.45) is 2.32. The van der Waals surface area contributed by atoms with Crippen molar-refractivity contribution < 1.29 is 0 Å². The summed E-state index contributed by atoms with van der Waals surface area (Å²) in [6, 6.07) is 6.84. The molecule has 2 rings (SSSR count). The average molecular weight is 186 g/mol. The van der Waals surface area contributed by atoms with E-state index in [9.17, 15) is 0 Å². The van der Waals surface area contributed by atoms with E-state index in [0.717, 1.165) is 6.42 Å². The summed E-state index contributed by atoms with van der Waals surface area (Å²) in [5.74, 6) is 0. The Morgan fingerprint density at radius 2 is 1.86 bits per heavy atom. The molecule has 0 fully saturated rings. The third-order valence-corrected chi connectivity index (χ3v) is 3.05. The van der Waals surface area contributed by atoms with Gasteiger partial charge in [0, 0.05) is 0 Å². The van der Waals surface area contributed by atoms with Crippen LogP contribution in [-0.4, -0.2) is 0 Å². The summed E-state index contributed by atoms with van der Waals surface area (Å²) in [4.78, 5) is 0. The van der Waals surface area contributed by atoms with Crippen LogP contribution < -0.4 is 0 Å². The normalized spacial score (nSPS) is 15.8. The molecular weight excluding hydrogens is 168 g/mol. The van der Waals surface area contributed by atoms with Crippen molar-refractivity contribution >= 4 is 5.57 Å². The highest BCUT2D eigenvalue weighted by atomic mass is 14.2. The van der Waals surface area contributed by atoms with Crippen LogP contribution in [0.25, 0.3) is 5.57 Å². The highest BCUT2D eigenvalue weighted by molar-refractivity contribution is 5.71. The van der Waals surface area contributed by atoms with Crippen LogP contribution in [0.4, 0.5) is 0 Å². The van der Waals surface area contributed by atoms with Gasteiger partial charge in [-0.1, -0.05) is 45.5 Å². The Morgan fingerprint density at radius 1 is 1.14 bits per heavy atom. The lowest BCUT2D eigenvalue weighted by molar-refractivity contribution is 0.589. The molecule has 0 nitrogen and oxygen atoms in total. The van der Waals surface area contributed by atoms with Crippen molar-refractivity contribution in [1.82, 2.24) is 0 Å². The van der Waals surface area contributed by atoms with Crippen molar-refractivity contribution in [3.63, 3.8) is 0 Å². The molecule has 0 heteroatoms. The fourth-order valence-corrected chi connectivity index (χ4v) is 2.03. The second-order valence-corrected chi connectivity index (χ2v) is 5.23. The van der Waals surface area contributed by atoms with E-state index in [2.05, 4.69) is 45.5 Å². The van der Waals surface area contributed by atoms with Crippen LogP contribution in [0.5, 0.6) is 0 Å². The minimum atomic E-state index is 0.263. The Hall–Kier alpha value is -1.04. The lowest BCUT2D eigenvalue weighted by Crippen LogP contribution is -2.11. The van der Waals surface area contributed by atoms with E-state index in [1.807, 2.05) is 0 Å². The Balaban J connectivity index is 2.47. The highest BCUT2D eigenvalue weighted by Gasteiger charge is 2.19. The number of rotatable bonds is 0. The summed E-state index contributed by atoms with van der Waals surface area (Å²) >= 11 is 0. The van der Waals surface area contributed by atoms with Gasteiger partial charge in [-0.2, -0.15) is 0 Å². The number of hydrogen-bond donors (Lipinski definition) is 0. The smallest absolute Gasteiger partial charge is 0.0132 e. The van der Waals surface area contributed by atoms with Gasteiger partial charge >= 0.3 is 0 Å². The van der Waals surface area contributed by atoms with E-state index in [4.69, 9.17) is 0 Å². The van der Waals surface area contributed by atoms with E-state index in [1.54, 1.807) is 0 Å². The van der Waals surface area contributed by atoms with Crippen LogP contribution in [0, 0.1) is 0 Å². The molecule has 0 aromatic heterocycles. The van der Waals surface area contributed by atoms with E-state index < -0.39 is 0 Å². The zero-order valence-corrected chi connectivity index (χ0v) is 9.35. The molecule has 0 amide bonds. The standard InChI is InChI=1S/C14H18/c1-10-5-6-11-9-12(14(2,3)4)7-8-13(10)11/h7-9H,1,5-6H2,2-4H3. The van der Waals surface area contributed by atoms with Crippen molar-refractivity contribution in [1.29, 1.82) is 0 Å². The quantitative estimate of drug-likeness (QED) is 0.575. The first-order chi connectivity index (χ1) is 6.48. The maximum Gasteiger partial charge on any atom is -0.0132 e. The van der Waals surface area contributed by atoms with Crippen LogP contribution >= 0.6 is 0 Å². The van der Waals surface area contributed by atoms with Crippen molar-refractivity contribution in [3.8, 4) is 0 Å². The van der Waals surface area contributed by atoms with Crippen LogP contribution in [0.15, 0.2) is 24.8 Å². The zero-order chi connectivity index (χ0) is 10.3. The Bertz CT molecular complexity index is 378. The summed E-state index contributed by atoms with van der Waals surface area (Å²) in [5, 5.41) is 0. The third-order valence-electron chi connectivity index (χ3n) is 3.05. The molecule has 1 aromatic rings. The van der Waals surface area contributed by atoms with E-state index in [0.29, 0.717) is 0 Å². The molecule has 0 radical (unpaired) electrons. The molecule has 0 atom stereocenters. The molecule has 0 aliphatic heterocycles. The molecule has 74 valence electrons. The summed E-state index contributed by atoms with van der Waals surface area (Å²) in [5.41, 5.74) is 5.88. The monoisotopic (exact) mass is 186 g/mol. The second-order valence-electron chi connectivity index (χ2n) is 5.23. The molecule has 1 aromatic carbocycles. The van der Waals surface area contributed by atoms with Crippen molar-refractivity contribution in [2.45, 2.75) is 39.0 Å². The maximum absolute atomic E-state index is 4.09. The number of allylic oxidation sites excluding steroid dienone is 1. The summed E-state index contributed by atoms with van der Waals surface area (Å²) in [7, 11) is 0. The lowest BCUT2D eigenvalue weighted by Gasteiger charge is -2.20. The molecule has 0 N–H and O–H groups in total. The van der Waals surface area contributed by atoms with Crippen molar-refractivity contribution in [3.05, 3.63) is 41.5 Å². The zero-order valence-electron chi connectivity index (χ0n) is 9.35. The molecule has 0 heterocycles. The minimum Gasteiger partial charge on any atom is -0.0952 e. The summed E-state index contributed by atoms with van der Waals surface area (Å²) in [6.45, 7) is 10.9. The first-order valence-corrected chi connectivity index (χ1v) is 5.30. The minimum absolute atomic E-state index is 0.263. The fourth-order valence-electron chi connectivity index (χ4n) is 2.03. The molecule has 0 unspecified atom stereocenters. The van der Waals surface area contributed by atoms with E-state index in [-0.39, 0.29) is 5.41 Å².